The summed E-state index contributed by atoms with van der Waals surface area (Å²) < 4.78 is 0. The summed E-state index contributed by atoms with van der Waals surface area (Å²) in [7, 11) is 0. The molecule has 0 radical (unpaired) electrons. The van der Waals surface area contributed by atoms with Crippen molar-refractivity contribution in [3.8, 4) is 0 Å². The molecular weight excluding hydrogens is 300 g/mol. The van der Waals surface area contributed by atoms with E-state index in [0.29, 0.717) is 11.8 Å². The third-order valence-electron chi connectivity index (χ3n) is 6.33. The van der Waals surface area contributed by atoms with Crippen molar-refractivity contribution in [1.82, 2.24) is 14.9 Å². The Morgan fingerprint density at radius 2 is 2.00 bits per heavy atom. The number of hydrogen-bond donors (Lipinski definition) is 0. The fourth-order valence-electron chi connectivity index (χ4n) is 4.75. The molecule has 1 spiro atoms. The molecule has 130 valence electrons. The molecule has 3 fully saturated rings. The SMILES string of the molecule is CCN1CC2(CCN(c3nccc(C4CCCC4)n3)CC2)CC1=O. The van der Waals surface area contributed by atoms with Gasteiger partial charge >= 0.3 is 0 Å². The predicted octanol–water partition coefficient (Wildman–Crippen LogP) is 2.97. The summed E-state index contributed by atoms with van der Waals surface area (Å²) in [6, 6.07) is 2.10. The van der Waals surface area contributed by atoms with E-state index in [0.717, 1.165) is 51.4 Å². The third-order valence-corrected chi connectivity index (χ3v) is 6.33. The number of amides is 1. The molecule has 1 aromatic heterocycles. The molecule has 5 heteroatoms. The zero-order chi connectivity index (χ0) is 16.6. The molecule has 3 heterocycles. The van der Waals surface area contributed by atoms with Gasteiger partial charge in [0.1, 0.15) is 0 Å². The number of piperidine rings is 1. The lowest BCUT2D eigenvalue weighted by atomic mass is 9.77. The highest BCUT2D eigenvalue weighted by Crippen LogP contribution is 2.41. The van der Waals surface area contributed by atoms with Gasteiger partial charge in [0.2, 0.25) is 11.9 Å². The van der Waals surface area contributed by atoms with Gasteiger partial charge in [0.15, 0.2) is 0 Å². The number of rotatable bonds is 3. The van der Waals surface area contributed by atoms with Gasteiger partial charge in [-0.2, -0.15) is 0 Å². The van der Waals surface area contributed by atoms with E-state index in [-0.39, 0.29) is 5.41 Å². The number of carbonyl (C=O) groups excluding carboxylic acids is 1. The van der Waals surface area contributed by atoms with E-state index < -0.39 is 0 Å². The zero-order valence-corrected chi connectivity index (χ0v) is 14.7. The zero-order valence-electron chi connectivity index (χ0n) is 14.7. The second-order valence-electron chi connectivity index (χ2n) is 7.83. The lowest BCUT2D eigenvalue weighted by Gasteiger charge is -2.38. The minimum absolute atomic E-state index is 0.201. The van der Waals surface area contributed by atoms with Gasteiger partial charge in [-0.3, -0.25) is 4.79 Å². The standard InChI is InChI=1S/C19H28N4O/c1-2-22-14-19(13-17(22)24)8-11-23(12-9-19)18-20-10-7-16(21-18)15-5-3-4-6-15/h7,10,15H,2-6,8-9,11-14H2,1H3. The van der Waals surface area contributed by atoms with E-state index in [1.807, 2.05) is 11.1 Å². The van der Waals surface area contributed by atoms with Crippen molar-refractivity contribution >= 4 is 11.9 Å². The topological polar surface area (TPSA) is 49.3 Å². The van der Waals surface area contributed by atoms with Crippen molar-refractivity contribution in [2.24, 2.45) is 5.41 Å². The maximum absolute atomic E-state index is 12.1. The van der Waals surface area contributed by atoms with E-state index in [1.165, 1.54) is 31.4 Å². The molecule has 0 unspecified atom stereocenters. The van der Waals surface area contributed by atoms with Crippen LogP contribution in [0.3, 0.4) is 0 Å². The van der Waals surface area contributed by atoms with Crippen molar-refractivity contribution in [1.29, 1.82) is 0 Å². The smallest absolute Gasteiger partial charge is 0.225 e. The van der Waals surface area contributed by atoms with E-state index in [9.17, 15) is 4.79 Å². The van der Waals surface area contributed by atoms with Crippen LogP contribution in [0.15, 0.2) is 12.3 Å². The Bertz CT molecular complexity index is 603. The first-order valence-electron chi connectivity index (χ1n) is 9.55. The lowest BCUT2D eigenvalue weighted by molar-refractivity contribution is -0.127. The van der Waals surface area contributed by atoms with Gasteiger partial charge in [0.05, 0.1) is 0 Å². The summed E-state index contributed by atoms with van der Waals surface area (Å²) in [5, 5.41) is 0. The van der Waals surface area contributed by atoms with E-state index >= 15 is 0 Å². The molecule has 0 bridgehead atoms. The average molecular weight is 328 g/mol. The molecule has 1 aromatic rings. The number of aromatic nitrogens is 2. The van der Waals surface area contributed by atoms with Gasteiger partial charge < -0.3 is 9.80 Å². The molecule has 1 saturated carbocycles. The Balaban J connectivity index is 1.43. The highest BCUT2D eigenvalue weighted by Gasteiger charge is 2.44. The Kier molecular flexibility index (Phi) is 4.19. The van der Waals surface area contributed by atoms with E-state index in [4.69, 9.17) is 4.98 Å². The number of carbonyl (C=O) groups is 1. The quantitative estimate of drug-likeness (QED) is 0.856. The molecular formula is C19H28N4O. The van der Waals surface area contributed by atoms with Crippen LogP contribution in [-0.4, -0.2) is 47.0 Å². The first kappa shape index (κ1) is 15.9. The number of nitrogens with zero attached hydrogens (tertiary/aromatic N) is 4. The molecule has 4 rings (SSSR count). The molecule has 1 aliphatic carbocycles. The number of likely N-dealkylation sites (tertiary alicyclic amines) is 1. The highest BCUT2D eigenvalue weighted by atomic mass is 16.2. The van der Waals surface area contributed by atoms with Crippen LogP contribution in [0, 0.1) is 5.41 Å². The molecule has 2 saturated heterocycles. The first-order chi connectivity index (χ1) is 11.7. The minimum atomic E-state index is 0.201. The van der Waals surface area contributed by atoms with E-state index in [1.54, 1.807) is 0 Å². The number of anilines is 1. The third kappa shape index (κ3) is 2.89. The van der Waals surface area contributed by atoms with Crippen LogP contribution in [0.4, 0.5) is 5.95 Å². The fraction of sp³-hybridized carbons (Fsp3) is 0.737. The van der Waals surface area contributed by atoms with Gasteiger partial charge in [0.25, 0.3) is 0 Å². The van der Waals surface area contributed by atoms with E-state index in [2.05, 4.69) is 22.9 Å². The predicted molar refractivity (Wildman–Crippen MR) is 94.0 cm³/mol. The van der Waals surface area contributed by atoms with Crippen molar-refractivity contribution < 1.29 is 4.79 Å². The maximum Gasteiger partial charge on any atom is 0.225 e. The molecule has 0 N–H and O–H groups in total. The first-order valence-corrected chi connectivity index (χ1v) is 9.55. The summed E-state index contributed by atoms with van der Waals surface area (Å²) in [5.41, 5.74) is 1.43. The second kappa shape index (κ2) is 6.34. The van der Waals surface area contributed by atoms with Crippen LogP contribution in [-0.2, 0) is 4.79 Å². The summed E-state index contributed by atoms with van der Waals surface area (Å²) in [5.74, 6) is 1.87. The van der Waals surface area contributed by atoms with Crippen LogP contribution >= 0.6 is 0 Å². The molecule has 1 amide bonds. The highest BCUT2D eigenvalue weighted by molar-refractivity contribution is 5.79. The van der Waals surface area contributed by atoms with Crippen LogP contribution in [0.2, 0.25) is 0 Å². The molecule has 0 aromatic carbocycles. The summed E-state index contributed by atoms with van der Waals surface area (Å²) in [4.78, 5) is 25.9. The van der Waals surface area contributed by atoms with Crippen molar-refractivity contribution in [3.05, 3.63) is 18.0 Å². The molecule has 0 atom stereocenters. The van der Waals surface area contributed by atoms with Crippen molar-refractivity contribution in [3.63, 3.8) is 0 Å². The molecule has 2 aliphatic heterocycles. The average Bonchev–Trinajstić information content (AvgIpc) is 3.24. The van der Waals surface area contributed by atoms with Crippen LogP contribution in [0.25, 0.3) is 0 Å². The Labute approximate surface area is 144 Å². The van der Waals surface area contributed by atoms with Gasteiger partial charge in [0, 0.05) is 55.8 Å². The van der Waals surface area contributed by atoms with Crippen LogP contribution in [0.1, 0.15) is 63.5 Å². The Morgan fingerprint density at radius 3 is 2.67 bits per heavy atom. The maximum atomic E-state index is 12.1. The van der Waals surface area contributed by atoms with Crippen molar-refractivity contribution in [2.75, 3.05) is 31.1 Å². The van der Waals surface area contributed by atoms with Crippen LogP contribution in [0.5, 0.6) is 0 Å². The largest absolute Gasteiger partial charge is 0.342 e. The number of hydrogen-bond acceptors (Lipinski definition) is 4. The summed E-state index contributed by atoms with van der Waals surface area (Å²) in [6.07, 6.45) is 10.0. The van der Waals surface area contributed by atoms with Gasteiger partial charge in [-0.1, -0.05) is 12.8 Å². The summed E-state index contributed by atoms with van der Waals surface area (Å²) in [6.45, 7) is 5.81. The fourth-order valence-corrected chi connectivity index (χ4v) is 4.75. The second-order valence-corrected chi connectivity index (χ2v) is 7.83. The lowest BCUT2D eigenvalue weighted by Crippen LogP contribution is -2.42. The van der Waals surface area contributed by atoms with Gasteiger partial charge in [-0.25, -0.2) is 9.97 Å². The molecule has 24 heavy (non-hydrogen) atoms. The minimum Gasteiger partial charge on any atom is -0.342 e. The summed E-state index contributed by atoms with van der Waals surface area (Å²) >= 11 is 0. The normalized spacial score (nSPS) is 24.3. The van der Waals surface area contributed by atoms with Crippen molar-refractivity contribution in [2.45, 2.75) is 57.8 Å². The Hall–Kier alpha value is -1.65. The molecule has 3 aliphatic rings. The Morgan fingerprint density at radius 1 is 1.25 bits per heavy atom. The monoisotopic (exact) mass is 328 g/mol. The van der Waals surface area contributed by atoms with Gasteiger partial charge in [-0.05, 0) is 38.7 Å². The van der Waals surface area contributed by atoms with Crippen LogP contribution < -0.4 is 4.90 Å². The molecule has 5 nitrogen and oxygen atoms in total. The van der Waals surface area contributed by atoms with Gasteiger partial charge in [-0.15, -0.1) is 0 Å².